The Hall–Kier alpha value is -2.57. The van der Waals surface area contributed by atoms with Crippen molar-refractivity contribution in [2.24, 2.45) is 0 Å². The molecule has 1 amide bonds. The average molecular weight is 363 g/mol. The van der Waals surface area contributed by atoms with Crippen LogP contribution in [0.25, 0.3) is 0 Å². The standard InChI is InChI=1S/C19H25NO6/c1-18(2,3)26-17(24)20-11-5-10-19(20,16(22)23)12-15(21)13-6-8-14(25-4)9-7-13/h6-9H,5,10-12H2,1-4H3,(H,22,23)/t19-/m0/s1. The Morgan fingerprint density at radius 2 is 1.81 bits per heavy atom. The maximum absolute atomic E-state index is 12.7. The molecule has 0 aliphatic carbocycles. The van der Waals surface area contributed by atoms with E-state index in [0.29, 0.717) is 17.7 Å². The van der Waals surface area contributed by atoms with Crippen molar-refractivity contribution in [3.05, 3.63) is 29.8 Å². The molecule has 1 N–H and O–H groups in total. The number of ketones is 1. The third kappa shape index (κ3) is 4.15. The van der Waals surface area contributed by atoms with Crippen molar-refractivity contribution < 1.29 is 29.0 Å². The third-order valence-electron chi connectivity index (χ3n) is 4.37. The number of hydrogen-bond donors (Lipinski definition) is 1. The zero-order valence-corrected chi connectivity index (χ0v) is 15.6. The Kier molecular flexibility index (Phi) is 5.59. The molecule has 1 atom stereocenters. The SMILES string of the molecule is COc1ccc(C(=O)C[C@]2(C(=O)O)CCCN2C(=O)OC(C)(C)C)cc1. The lowest BCUT2D eigenvalue weighted by atomic mass is 9.88. The van der Waals surface area contributed by atoms with Gasteiger partial charge in [0.25, 0.3) is 0 Å². The van der Waals surface area contributed by atoms with Gasteiger partial charge < -0.3 is 14.6 Å². The summed E-state index contributed by atoms with van der Waals surface area (Å²) in [7, 11) is 1.52. The van der Waals surface area contributed by atoms with Gasteiger partial charge in [0.2, 0.25) is 0 Å². The van der Waals surface area contributed by atoms with E-state index in [1.165, 1.54) is 12.0 Å². The van der Waals surface area contributed by atoms with E-state index in [4.69, 9.17) is 9.47 Å². The largest absolute Gasteiger partial charge is 0.497 e. The highest BCUT2D eigenvalue weighted by Gasteiger charge is 2.52. The Labute approximate surface area is 152 Å². The summed E-state index contributed by atoms with van der Waals surface area (Å²) in [6.07, 6.45) is -0.293. The molecule has 0 unspecified atom stereocenters. The van der Waals surface area contributed by atoms with Gasteiger partial charge in [-0.25, -0.2) is 9.59 Å². The molecule has 0 radical (unpaired) electrons. The van der Waals surface area contributed by atoms with Gasteiger partial charge in [0.05, 0.1) is 7.11 Å². The van der Waals surface area contributed by atoms with E-state index in [-0.39, 0.29) is 25.2 Å². The van der Waals surface area contributed by atoms with E-state index in [1.54, 1.807) is 45.0 Å². The number of likely N-dealkylation sites (tertiary alicyclic amines) is 1. The molecule has 26 heavy (non-hydrogen) atoms. The fraction of sp³-hybridized carbons (Fsp3) is 0.526. The van der Waals surface area contributed by atoms with Crippen molar-refractivity contribution in [1.82, 2.24) is 4.90 Å². The Bertz CT molecular complexity index is 691. The molecular formula is C19H25NO6. The minimum absolute atomic E-state index is 0.212. The van der Waals surface area contributed by atoms with Crippen LogP contribution in [0.3, 0.4) is 0 Å². The summed E-state index contributed by atoms with van der Waals surface area (Å²) in [5.41, 5.74) is -1.95. The van der Waals surface area contributed by atoms with Gasteiger partial charge in [0.15, 0.2) is 11.3 Å². The van der Waals surface area contributed by atoms with Crippen molar-refractivity contribution in [1.29, 1.82) is 0 Å². The second-order valence-corrected chi connectivity index (χ2v) is 7.40. The molecule has 1 aromatic carbocycles. The first-order valence-corrected chi connectivity index (χ1v) is 8.50. The molecule has 0 spiro atoms. The zero-order valence-electron chi connectivity index (χ0n) is 15.6. The van der Waals surface area contributed by atoms with Crippen molar-refractivity contribution in [2.75, 3.05) is 13.7 Å². The lowest BCUT2D eigenvalue weighted by molar-refractivity contribution is -0.149. The molecule has 0 aromatic heterocycles. The van der Waals surface area contributed by atoms with Gasteiger partial charge in [-0.3, -0.25) is 9.69 Å². The van der Waals surface area contributed by atoms with Gasteiger partial charge >= 0.3 is 12.1 Å². The summed E-state index contributed by atoms with van der Waals surface area (Å²) < 4.78 is 10.4. The van der Waals surface area contributed by atoms with Crippen molar-refractivity contribution in [2.45, 2.75) is 51.2 Å². The third-order valence-corrected chi connectivity index (χ3v) is 4.37. The summed E-state index contributed by atoms with van der Waals surface area (Å²) in [4.78, 5) is 38.4. The van der Waals surface area contributed by atoms with Crippen molar-refractivity contribution in [3.8, 4) is 5.75 Å². The first kappa shape index (κ1) is 19.8. The van der Waals surface area contributed by atoms with Crippen LogP contribution in [0.1, 0.15) is 50.4 Å². The Morgan fingerprint density at radius 1 is 1.19 bits per heavy atom. The first-order valence-electron chi connectivity index (χ1n) is 8.50. The number of ether oxygens (including phenoxy) is 2. The van der Waals surface area contributed by atoms with E-state index in [1.807, 2.05) is 0 Å². The number of carboxylic acids is 1. The van der Waals surface area contributed by atoms with E-state index < -0.39 is 23.2 Å². The van der Waals surface area contributed by atoms with Gasteiger partial charge in [0.1, 0.15) is 11.4 Å². The van der Waals surface area contributed by atoms with Crippen molar-refractivity contribution in [3.63, 3.8) is 0 Å². The molecule has 2 rings (SSSR count). The molecule has 7 nitrogen and oxygen atoms in total. The average Bonchev–Trinajstić information content (AvgIpc) is 2.98. The first-order chi connectivity index (χ1) is 12.1. The number of methoxy groups -OCH3 is 1. The zero-order chi connectivity index (χ0) is 19.5. The van der Waals surface area contributed by atoms with Gasteiger partial charge in [-0.1, -0.05) is 0 Å². The number of hydrogen-bond acceptors (Lipinski definition) is 5. The van der Waals surface area contributed by atoms with Crippen LogP contribution in [0, 0.1) is 0 Å². The maximum Gasteiger partial charge on any atom is 0.411 e. The van der Waals surface area contributed by atoms with Crippen LogP contribution in [0.4, 0.5) is 4.79 Å². The van der Waals surface area contributed by atoms with Crippen LogP contribution in [0.15, 0.2) is 24.3 Å². The minimum Gasteiger partial charge on any atom is -0.497 e. The summed E-state index contributed by atoms with van der Waals surface area (Å²) >= 11 is 0. The Morgan fingerprint density at radius 3 is 2.31 bits per heavy atom. The van der Waals surface area contributed by atoms with Crippen LogP contribution in [-0.4, -0.2) is 52.6 Å². The lowest BCUT2D eigenvalue weighted by Crippen LogP contribution is -2.55. The molecule has 1 saturated heterocycles. The van der Waals surface area contributed by atoms with Gasteiger partial charge in [-0.2, -0.15) is 0 Å². The van der Waals surface area contributed by atoms with Crippen LogP contribution in [0.5, 0.6) is 5.75 Å². The monoisotopic (exact) mass is 363 g/mol. The van der Waals surface area contributed by atoms with E-state index >= 15 is 0 Å². The smallest absolute Gasteiger partial charge is 0.411 e. The topological polar surface area (TPSA) is 93.1 Å². The summed E-state index contributed by atoms with van der Waals surface area (Å²) in [5.74, 6) is -0.932. The molecule has 0 saturated carbocycles. The minimum atomic E-state index is -1.58. The van der Waals surface area contributed by atoms with Crippen LogP contribution in [-0.2, 0) is 9.53 Å². The second kappa shape index (κ2) is 7.35. The van der Waals surface area contributed by atoms with E-state index in [2.05, 4.69) is 0 Å². The van der Waals surface area contributed by atoms with Gasteiger partial charge in [-0.15, -0.1) is 0 Å². The number of amides is 1. The highest BCUT2D eigenvalue weighted by Crippen LogP contribution is 2.35. The molecule has 1 aliphatic heterocycles. The molecule has 1 aliphatic rings. The predicted octanol–water partition coefficient (Wildman–Crippen LogP) is 3.12. The van der Waals surface area contributed by atoms with Crippen LogP contribution in [0.2, 0.25) is 0 Å². The number of carboxylic acid groups (broad SMARTS) is 1. The summed E-state index contributed by atoms with van der Waals surface area (Å²) in [6.45, 7) is 5.39. The number of Topliss-reactive ketones (excluding diaryl/α,β-unsaturated/α-hetero) is 1. The number of carbonyl (C=O) groups excluding carboxylic acids is 2. The van der Waals surface area contributed by atoms with Gasteiger partial charge in [-0.05, 0) is 57.9 Å². The molecule has 142 valence electrons. The van der Waals surface area contributed by atoms with Crippen molar-refractivity contribution >= 4 is 17.8 Å². The summed E-state index contributed by atoms with van der Waals surface area (Å²) in [5, 5.41) is 9.84. The number of nitrogens with zero attached hydrogens (tertiary/aromatic N) is 1. The van der Waals surface area contributed by atoms with E-state index in [0.717, 1.165) is 0 Å². The number of rotatable bonds is 5. The fourth-order valence-corrected chi connectivity index (χ4v) is 3.09. The highest BCUT2D eigenvalue weighted by atomic mass is 16.6. The number of carbonyl (C=O) groups is 3. The molecule has 1 aromatic rings. The molecule has 0 bridgehead atoms. The lowest BCUT2D eigenvalue weighted by Gasteiger charge is -2.35. The number of benzene rings is 1. The van der Waals surface area contributed by atoms with E-state index in [9.17, 15) is 19.5 Å². The predicted molar refractivity (Wildman–Crippen MR) is 94.5 cm³/mol. The van der Waals surface area contributed by atoms with Crippen LogP contribution >= 0.6 is 0 Å². The fourth-order valence-electron chi connectivity index (χ4n) is 3.09. The van der Waals surface area contributed by atoms with Crippen LogP contribution < -0.4 is 4.74 Å². The number of aliphatic carboxylic acids is 1. The summed E-state index contributed by atoms with van der Waals surface area (Å²) in [6, 6.07) is 6.45. The molecule has 1 heterocycles. The van der Waals surface area contributed by atoms with Gasteiger partial charge in [0, 0.05) is 18.5 Å². The molecule has 7 heteroatoms. The highest BCUT2D eigenvalue weighted by molar-refractivity contribution is 6.01. The molecular weight excluding hydrogens is 338 g/mol. The second-order valence-electron chi connectivity index (χ2n) is 7.40. The quantitative estimate of drug-likeness (QED) is 0.808. The molecule has 1 fully saturated rings. The maximum atomic E-state index is 12.7. The Balaban J connectivity index is 2.26. The normalized spacial score (nSPS) is 19.9.